The van der Waals surface area contributed by atoms with Crippen molar-refractivity contribution in [2.75, 3.05) is 18.4 Å². The van der Waals surface area contributed by atoms with Crippen LogP contribution in [0.1, 0.15) is 29.6 Å². The number of carbonyl (C=O) groups excluding carboxylic acids is 2. The number of hydrogen-bond acceptors (Lipinski definition) is 3. The van der Waals surface area contributed by atoms with Gasteiger partial charge in [0.15, 0.2) is 0 Å². The summed E-state index contributed by atoms with van der Waals surface area (Å²) in [6, 6.07) is 7.42. The van der Waals surface area contributed by atoms with Crippen molar-refractivity contribution in [1.82, 2.24) is 10.6 Å². The molecule has 1 heterocycles. The van der Waals surface area contributed by atoms with Gasteiger partial charge in [0.25, 0.3) is 5.91 Å². The predicted octanol–water partition coefficient (Wildman–Crippen LogP) is 1.13. The number of nitrogens with one attached hydrogen (secondary N) is 3. The third kappa shape index (κ3) is 3.17. The van der Waals surface area contributed by atoms with Gasteiger partial charge in [-0.05, 0) is 50.1 Å². The van der Waals surface area contributed by atoms with Crippen LogP contribution in [0, 0.1) is 5.92 Å². The highest BCUT2D eigenvalue weighted by Crippen LogP contribution is 2.20. The smallest absolute Gasteiger partial charge is 0.251 e. The maximum absolute atomic E-state index is 12.0. The van der Waals surface area contributed by atoms with Gasteiger partial charge in [-0.15, -0.1) is 0 Å². The molecule has 2 amide bonds. The van der Waals surface area contributed by atoms with Gasteiger partial charge < -0.3 is 16.0 Å². The van der Waals surface area contributed by atoms with Gasteiger partial charge >= 0.3 is 0 Å². The van der Waals surface area contributed by atoms with E-state index in [-0.39, 0.29) is 17.7 Å². The quantitative estimate of drug-likeness (QED) is 0.770. The number of rotatable bonds is 4. The molecule has 5 nitrogen and oxygen atoms in total. The standard InChI is InChI=1S/C15H19N3O2/c19-14(17-13-5-6-13)10-1-3-12(4-2-10)18-15(20)11-7-8-16-9-11/h1-4,11,13,16H,5-9H2,(H,17,19)(H,18,20). The van der Waals surface area contributed by atoms with Crippen LogP contribution in [0.4, 0.5) is 5.69 Å². The van der Waals surface area contributed by atoms with Crippen molar-refractivity contribution in [3.63, 3.8) is 0 Å². The Balaban J connectivity index is 1.57. The van der Waals surface area contributed by atoms with Gasteiger partial charge in [-0.2, -0.15) is 0 Å². The van der Waals surface area contributed by atoms with E-state index in [4.69, 9.17) is 0 Å². The second kappa shape index (κ2) is 5.63. The van der Waals surface area contributed by atoms with Crippen LogP contribution in [0.15, 0.2) is 24.3 Å². The number of hydrogen-bond donors (Lipinski definition) is 3. The fourth-order valence-electron chi connectivity index (χ4n) is 2.32. The van der Waals surface area contributed by atoms with Gasteiger partial charge in [0.2, 0.25) is 5.91 Å². The highest BCUT2D eigenvalue weighted by molar-refractivity contribution is 5.96. The van der Waals surface area contributed by atoms with E-state index in [1.807, 2.05) is 0 Å². The Kier molecular flexibility index (Phi) is 3.69. The number of amides is 2. The van der Waals surface area contributed by atoms with E-state index in [2.05, 4.69) is 16.0 Å². The first-order valence-electron chi connectivity index (χ1n) is 7.15. The Bertz CT molecular complexity index is 502. The van der Waals surface area contributed by atoms with Crippen LogP contribution >= 0.6 is 0 Å². The monoisotopic (exact) mass is 273 g/mol. The molecule has 20 heavy (non-hydrogen) atoms. The first-order valence-corrected chi connectivity index (χ1v) is 7.15. The second-order valence-electron chi connectivity index (χ2n) is 5.50. The molecule has 1 unspecified atom stereocenters. The normalized spacial score (nSPS) is 21.5. The molecule has 106 valence electrons. The first-order chi connectivity index (χ1) is 9.72. The van der Waals surface area contributed by atoms with Crippen LogP contribution in [0.3, 0.4) is 0 Å². The summed E-state index contributed by atoms with van der Waals surface area (Å²) in [5, 5.41) is 9.01. The minimum absolute atomic E-state index is 0.0367. The van der Waals surface area contributed by atoms with Crippen molar-refractivity contribution in [2.24, 2.45) is 5.92 Å². The lowest BCUT2D eigenvalue weighted by molar-refractivity contribution is -0.119. The summed E-state index contributed by atoms with van der Waals surface area (Å²) >= 11 is 0. The number of benzene rings is 1. The van der Waals surface area contributed by atoms with Gasteiger partial charge in [-0.1, -0.05) is 0 Å². The molecule has 1 saturated carbocycles. The average molecular weight is 273 g/mol. The molecule has 1 saturated heterocycles. The molecule has 1 atom stereocenters. The largest absolute Gasteiger partial charge is 0.349 e. The molecule has 0 aromatic heterocycles. The molecule has 3 rings (SSSR count). The summed E-state index contributed by atoms with van der Waals surface area (Å²) in [5.41, 5.74) is 1.38. The van der Waals surface area contributed by atoms with Crippen LogP contribution in [-0.4, -0.2) is 30.9 Å². The third-order valence-electron chi connectivity index (χ3n) is 3.76. The lowest BCUT2D eigenvalue weighted by Crippen LogP contribution is -2.26. The minimum atomic E-state index is -0.0367. The van der Waals surface area contributed by atoms with E-state index in [0.717, 1.165) is 38.0 Å². The van der Waals surface area contributed by atoms with Crippen molar-refractivity contribution in [3.8, 4) is 0 Å². The maximum atomic E-state index is 12.0. The van der Waals surface area contributed by atoms with Crippen LogP contribution in [-0.2, 0) is 4.79 Å². The molecular formula is C15H19N3O2. The molecule has 0 spiro atoms. The molecule has 0 bridgehead atoms. The zero-order valence-electron chi connectivity index (χ0n) is 11.3. The minimum Gasteiger partial charge on any atom is -0.349 e. The Morgan fingerprint density at radius 3 is 2.45 bits per heavy atom. The van der Waals surface area contributed by atoms with Crippen LogP contribution in [0.25, 0.3) is 0 Å². The molecule has 1 aliphatic heterocycles. The maximum Gasteiger partial charge on any atom is 0.251 e. The summed E-state index contributed by atoms with van der Waals surface area (Å²) in [5.74, 6) is 0.0587. The fourth-order valence-corrected chi connectivity index (χ4v) is 2.32. The first kappa shape index (κ1) is 13.1. The molecule has 1 aromatic carbocycles. The zero-order chi connectivity index (χ0) is 13.9. The highest BCUT2D eigenvalue weighted by atomic mass is 16.2. The molecular weight excluding hydrogens is 254 g/mol. The highest BCUT2D eigenvalue weighted by Gasteiger charge is 2.24. The molecule has 2 aliphatic rings. The van der Waals surface area contributed by atoms with Gasteiger partial charge in [0, 0.05) is 23.8 Å². The van der Waals surface area contributed by atoms with E-state index in [1.165, 1.54) is 0 Å². The summed E-state index contributed by atoms with van der Waals surface area (Å²) in [6.07, 6.45) is 3.04. The van der Waals surface area contributed by atoms with E-state index in [0.29, 0.717) is 11.6 Å². The number of anilines is 1. The van der Waals surface area contributed by atoms with Crippen LogP contribution in [0.2, 0.25) is 0 Å². The van der Waals surface area contributed by atoms with E-state index >= 15 is 0 Å². The lowest BCUT2D eigenvalue weighted by atomic mass is 10.1. The molecule has 1 aromatic rings. The molecule has 5 heteroatoms. The second-order valence-corrected chi connectivity index (χ2v) is 5.50. The summed E-state index contributed by atoms with van der Waals surface area (Å²) in [4.78, 5) is 23.8. The van der Waals surface area contributed by atoms with Crippen LogP contribution < -0.4 is 16.0 Å². The van der Waals surface area contributed by atoms with Gasteiger partial charge in [-0.3, -0.25) is 9.59 Å². The van der Waals surface area contributed by atoms with E-state index in [1.54, 1.807) is 24.3 Å². The lowest BCUT2D eigenvalue weighted by Gasteiger charge is -2.10. The van der Waals surface area contributed by atoms with Crippen molar-refractivity contribution in [3.05, 3.63) is 29.8 Å². The molecule has 2 fully saturated rings. The van der Waals surface area contributed by atoms with E-state index < -0.39 is 0 Å². The third-order valence-corrected chi connectivity index (χ3v) is 3.76. The van der Waals surface area contributed by atoms with E-state index in [9.17, 15) is 9.59 Å². The topological polar surface area (TPSA) is 70.2 Å². The van der Waals surface area contributed by atoms with Gasteiger partial charge in [0.1, 0.15) is 0 Å². The Morgan fingerprint density at radius 2 is 1.85 bits per heavy atom. The van der Waals surface area contributed by atoms with Gasteiger partial charge in [-0.25, -0.2) is 0 Å². The Hall–Kier alpha value is -1.88. The van der Waals surface area contributed by atoms with Crippen molar-refractivity contribution in [2.45, 2.75) is 25.3 Å². The van der Waals surface area contributed by atoms with Crippen LogP contribution in [0.5, 0.6) is 0 Å². The fraction of sp³-hybridized carbons (Fsp3) is 0.467. The van der Waals surface area contributed by atoms with Crippen molar-refractivity contribution < 1.29 is 9.59 Å². The predicted molar refractivity (Wildman–Crippen MR) is 76.5 cm³/mol. The Morgan fingerprint density at radius 1 is 1.10 bits per heavy atom. The summed E-state index contributed by atoms with van der Waals surface area (Å²) in [6.45, 7) is 1.64. The molecule has 1 aliphatic carbocycles. The summed E-state index contributed by atoms with van der Waals surface area (Å²) in [7, 11) is 0. The molecule has 0 radical (unpaired) electrons. The van der Waals surface area contributed by atoms with Crippen molar-refractivity contribution >= 4 is 17.5 Å². The average Bonchev–Trinajstić information content (AvgIpc) is 3.08. The summed E-state index contributed by atoms with van der Waals surface area (Å²) < 4.78 is 0. The Labute approximate surface area is 118 Å². The van der Waals surface area contributed by atoms with Gasteiger partial charge in [0.05, 0.1) is 5.92 Å². The number of carbonyl (C=O) groups is 2. The SMILES string of the molecule is O=C(NC1CC1)c1ccc(NC(=O)C2CCNC2)cc1. The zero-order valence-corrected chi connectivity index (χ0v) is 11.3. The molecule has 3 N–H and O–H groups in total. The van der Waals surface area contributed by atoms with Crippen molar-refractivity contribution in [1.29, 1.82) is 0 Å².